The number of aliphatic hydroxyl groups excluding tert-OH is 1. The Bertz CT molecular complexity index is 544. The Morgan fingerprint density at radius 2 is 1.90 bits per heavy atom. The molecule has 114 valence electrons. The molecule has 0 spiro atoms. The number of piperidine rings is 1. The minimum atomic E-state index is -0.202. The molecule has 2 saturated heterocycles. The Kier molecular flexibility index (Phi) is 3.53. The average Bonchev–Trinajstić information content (AvgIpc) is 2.70. The van der Waals surface area contributed by atoms with Crippen LogP contribution >= 0.6 is 0 Å². The van der Waals surface area contributed by atoms with Gasteiger partial charge in [0.1, 0.15) is 0 Å². The van der Waals surface area contributed by atoms with E-state index in [0.717, 1.165) is 31.4 Å². The third-order valence-electron chi connectivity index (χ3n) is 4.67. The van der Waals surface area contributed by atoms with Crippen molar-refractivity contribution in [3.05, 3.63) is 23.8 Å². The van der Waals surface area contributed by atoms with Gasteiger partial charge in [0.2, 0.25) is 0 Å². The number of fused-ring (bicyclic) bond motifs is 2. The summed E-state index contributed by atoms with van der Waals surface area (Å²) in [6.07, 6.45) is 3.57. The molecule has 2 unspecified atom stereocenters. The van der Waals surface area contributed by atoms with Crippen LogP contribution < -0.4 is 10.6 Å². The molecule has 2 aliphatic rings. The maximum Gasteiger partial charge on any atom is 0.253 e. The van der Waals surface area contributed by atoms with Crippen LogP contribution in [0.15, 0.2) is 18.2 Å². The summed E-state index contributed by atoms with van der Waals surface area (Å²) in [6, 6.07) is 6.18. The number of anilines is 2. The van der Waals surface area contributed by atoms with Crippen LogP contribution in [0.1, 0.15) is 36.0 Å². The second kappa shape index (κ2) is 5.22. The van der Waals surface area contributed by atoms with Gasteiger partial charge in [0.15, 0.2) is 0 Å². The smallest absolute Gasteiger partial charge is 0.253 e. The third kappa shape index (κ3) is 2.46. The summed E-state index contributed by atoms with van der Waals surface area (Å²) in [4.78, 5) is 16.0. The van der Waals surface area contributed by atoms with E-state index in [1.807, 2.05) is 12.1 Å². The SMILES string of the molecule is CN(C)C(=O)c1ccc(N)c(N2C3CCC2CC(O)C3)c1. The number of carbonyl (C=O) groups excluding carboxylic acids is 1. The molecule has 2 fully saturated rings. The predicted octanol–water partition coefficient (Wildman–Crippen LogP) is 1.46. The average molecular weight is 289 g/mol. The Balaban J connectivity index is 1.95. The first kappa shape index (κ1) is 14.2. The highest BCUT2D eigenvalue weighted by molar-refractivity contribution is 5.96. The molecule has 1 aromatic rings. The van der Waals surface area contributed by atoms with Crippen molar-refractivity contribution in [1.29, 1.82) is 0 Å². The molecule has 0 saturated carbocycles. The first-order valence-corrected chi connectivity index (χ1v) is 7.55. The normalized spacial score (nSPS) is 27.8. The van der Waals surface area contributed by atoms with Gasteiger partial charge < -0.3 is 20.6 Å². The molecular weight excluding hydrogens is 266 g/mol. The summed E-state index contributed by atoms with van der Waals surface area (Å²) in [6.45, 7) is 0. The number of nitrogens with zero attached hydrogens (tertiary/aromatic N) is 2. The molecule has 0 aliphatic carbocycles. The van der Waals surface area contributed by atoms with Gasteiger partial charge in [-0.05, 0) is 43.9 Å². The number of aliphatic hydroxyl groups is 1. The minimum absolute atomic E-state index is 0.0133. The van der Waals surface area contributed by atoms with Gasteiger partial charge in [-0.2, -0.15) is 0 Å². The van der Waals surface area contributed by atoms with Crippen LogP contribution in [0.2, 0.25) is 0 Å². The Labute approximate surface area is 125 Å². The van der Waals surface area contributed by atoms with Crippen LogP contribution in [0.3, 0.4) is 0 Å². The molecular formula is C16H23N3O2. The summed E-state index contributed by atoms with van der Waals surface area (Å²) in [5, 5.41) is 9.92. The fourth-order valence-corrected chi connectivity index (χ4v) is 3.70. The number of hydrogen-bond acceptors (Lipinski definition) is 4. The van der Waals surface area contributed by atoms with E-state index in [1.54, 1.807) is 25.1 Å². The summed E-state index contributed by atoms with van der Waals surface area (Å²) >= 11 is 0. The van der Waals surface area contributed by atoms with Gasteiger partial charge in [0.25, 0.3) is 5.91 Å². The van der Waals surface area contributed by atoms with Crippen molar-refractivity contribution >= 4 is 17.3 Å². The van der Waals surface area contributed by atoms with Crippen molar-refractivity contribution in [3.8, 4) is 0 Å². The molecule has 21 heavy (non-hydrogen) atoms. The fraction of sp³-hybridized carbons (Fsp3) is 0.562. The zero-order valence-corrected chi connectivity index (χ0v) is 12.6. The van der Waals surface area contributed by atoms with Gasteiger partial charge in [0, 0.05) is 31.7 Å². The van der Waals surface area contributed by atoms with Crippen molar-refractivity contribution < 1.29 is 9.90 Å². The quantitative estimate of drug-likeness (QED) is 0.809. The van der Waals surface area contributed by atoms with Gasteiger partial charge in [-0.3, -0.25) is 4.79 Å². The monoisotopic (exact) mass is 289 g/mol. The summed E-state index contributed by atoms with van der Waals surface area (Å²) in [5.41, 5.74) is 8.47. The lowest BCUT2D eigenvalue weighted by atomic mass is 9.98. The van der Waals surface area contributed by atoms with Gasteiger partial charge in [0.05, 0.1) is 17.5 Å². The summed E-state index contributed by atoms with van der Waals surface area (Å²) in [5.74, 6) is -0.0133. The van der Waals surface area contributed by atoms with Gasteiger partial charge >= 0.3 is 0 Å². The van der Waals surface area contributed by atoms with Crippen molar-refractivity contribution in [2.75, 3.05) is 24.7 Å². The molecule has 5 heteroatoms. The van der Waals surface area contributed by atoms with Crippen LogP contribution in [0.25, 0.3) is 0 Å². The zero-order valence-electron chi connectivity index (χ0n) is 12.6. The van der Waals surface area contributed by atoms with E-state index in [0.29, 0.717) is 23.3 Å². The lowest BCUT2D eigenvalue weighted by Crippen LogP contribution is -2.45. The predicted molar refractivity (Wildman–Crippen MR) is 83.4 cm³/mol. The number of rotatable bonds is 2. The third-order valence-corrected chi connectivity index (χ3v) is 4.67. The standard InChI is InChI=1S/C16H23N3O2/c1-18(2)16(21)10-3-6-14(17)15(7-10)19-11-4-5-12(19)9-13(20)8-11/h3,6-7,11-13,20H,4-5,8-9,17H2,1-2H3. The highest BCUT2D eigenvalue weighted by Gasteiger charge is 2.40. The molecule has 3 rings (SSSR count). The largest absolute Gasteiger partial charge is 0.397 e. The Morgan fingerprint density at radius 3 is 2.48 bits per heavy atom. The van der Waals surface area contributed by atoms with E-state index in [-0.39, 0.29) is 12.0 Å². The molecule has 2 heterocycles. The number of hydrogen-bond donors (Lipinski definition) is 2. The van der Waals surface area contributed by atoms with Crippen molar-refractivity contribution in [3.63, 3.8) is 0 Å². The maximum absolute atomic E-state index is 12.1. The lowest BCUT2D eigenvalue weighted by molar-refractivity contribution is 0.0827. The molecule has 2 aliphatic heterocycles. The molecule has 2 atom stereocenters. The second-order valence-electron chi connectivity index (χ2n) is 6.39. The number of amides is 1. The lowest BCUT2D eigenvalue weighted by Gasteiger charge is -2.39. The topological polar surface area (TPSA) is 69.8 Å². The highest BCUT2D eigenvalue weighted by Crippen LogP contribution is 2.41. The van der Waals surface area contributed by atoms with Crippen molar-refractivity contribution in [1.82, 2.24) is 4.90 Å². The van der Waals surface area contributed by atoms with Crippen LogP contribution in [0.5, 0.6) is 0 Å². The fourth-order valence-electron chi connectivity index (χ4n) is 3.70. The van der Waals surface area contributed by atoms with Gasteiger partial charge in [-0.1, -0.05) is 0 Å². The Morgan fingerprint density at radius 1 is 1.29 bits per heavy atom. The highest BCUT2D eigenvalue weighted by atomic mass is 16.3. The van der Waals surface area contributed by atoms with E-state index >= 15 is 0 Å². The summed E-state index contributed by atoms with van der Waals surface area (Å²) in [7, 11) is 3.50. The summed E-state index contributed by atoms with van der Waals surface area (Å²) < 4.78 is 0. The van der Waals surface area contributed by atoms with Gasteiger partial charge in [-0.25, -0.2) is 0 Å². The van der Waals surface area contributed by atoms with E-state index < -0.39 is 0 Å². The first-order valence-electron chi connectivity index (χ1n) is 7.55. The number of nitrogen functional groups attached to an aromatic ring is 1. The maximum atomic E-state index is 12.1. The van der Waals surface area contributed by atoms with Crippen LogP contribution in [0, 0.1) is 0 Å². The van der Waals surface area contributed by atoms with Crippen LogP contribution in [-0.2, 0) is 0 Å². The molecule has 3 N–H and O–H groups in total. The van der Waals surface area contributed by atoms with Crippen molar-refractivity contribution in [2.45, 2.75) is 43.9 Å². The minimum Gasteiger partial charge on any atom is -0.397 e. The molecule has 5 nitrogen and oxygen atoms in total. The van der Waals surface area contributed by atoms with E-state index in [9.17, 15) is 9.90 Å². The van der Waals surface area contributed by atoms with Crippen LogP contribution in [0.4, 0.5) is 11.4 Å². The van der Waals surface area contributed by atoms with Crippen LogP contribution in [-0.4, -0.2) is 48.2 Å². The molecule has 0 radical (unpaired) electrons. The van der Waals surface area contributed by atoms with E-state index in [1.165, 1.54) is 0 Å². The number of benzene rings is 1. The van der Waals surface area contributed by atoms with Crippen molar-refractivity contribution in [2.24, 2.45) is 0 Å². The molecule has 1 aromatic carbocycles. The first-order chi connectivity index (χ1) is 9.97. The number of nitrogens with two attached hydrogens (primary N) is 1. The van der Waals surface area contributed by atoms with E-state index in [4.69, 9.17) is 5.73 Å². The number of carbonyl (C=O) groups is 1. The zero-order chi connectivity index (χ0) is 15.1. The van der Waals surface area contributed by atoms with E-state index in [2.05, 4.69) is 4.90 Å². The molecule has 1 amide bonds. The Hall–Kier alpha value is -1.75. The molecule has 0 aromatic heterocycles. The van der Waals surface area contributed by atoms with Gasteiger partial charge in [-0.15, -0.1) is 0 Å². The second-order valence-corrected chi connectivity index (χ2v) is 6.39. The molecule has 2 bridgehead atoms.